The van der Waals surface area contributed by atoms with Gasteiger partial charge in [0, 0.05) is 24.0 Å². The highest BCUT2D eigenvalue weighted by Gasteiger charge is 2.15. The van der Waals surface area contributed by atoms with E-state index < -0.39 is 0 Å². The minimum absolute atomic E-state index is 0.141. The van der Waals surface area contributed by atoms with Gasteiger partial charge in [0.05, 0.1) is 7.11 Å². The highest BCUT2D eigenvalue weighted by molar-refractivity contribution is 5.65. The Morgan fingerprint density at radius 1 is 1.30 bits per heavy atom. The van der Waals surface area contributed by atoms with Gasteiger partial charge in [-0.2, -0.15) is 0 Å². The van der Waals surface area contributed by atoms with Gasteiger partial charge in [0.2, 0.25) is 5.88 Å². The van der Waals surface area contributed by atoms with E-state index >= 15 is 0 Å². The number of rotatable bonds is 5. The minimum Gasteiger partial charge on any atom is -0.479 e. The van der Waals surface area contributed by atoms with Crippen LogP contribution in [0.3, 0.4) is 0 Å². The third kappa shape index (κ3) is 2.93. The van der Waals surface area contributed by atoms with E-state index in [1.807, 2.05) is 13.8 Å². The first kappa shape index (κ1) is 14.4. The van der Waals surface area contributed by atoms with E-state index in [1.54, 1.807) is 12.1 Å². The molecule has 0 saturated heterocycles. The molecule has 0 amide bonds. The van der Waals surface area contributed by atoms with Gasteiger partial charge in [-0.05, 0) is 31.2 Å². The molecule has 1 heterocycles. The fourth-order valence-corrected chi connectivity index (χ4v) is 2.08. The predicted octanol–water partition coefficient (Wildman–Crippen LogP) is 2.96. The van der Waals surface area contributed by atoms with Crippen LogP contribution in [0.2, 0.25) is 0 Å². The van der Waals surface area contributed by atoms with Crippen molar-refractivity contribution in [3.05, 3.63) is 42.0 Å². The zero-order valence-corrected chi connectivity index (χ0v) is 11.9. The summed E-state index contributed by atoms with van der Waals surface area (Å²) in [7, 11) is 1.50. The van der Waals surface area contributed by atoms with Crippen LogP contribution < -0.4 is 10.1 Å². The number of hydrogen-bond acceptors (Lipinski definition) is 4. The van der Waals surface area contributed by atoms with Gasteiger partial charge in [-0.25, -0.2) is 14.4 Å². The van der Waals surface area contributed by atoms with Crippen molar-refractivity contribution >= 4 is 0 Å². The molecule has 0 radical (unpaired) electrons. The average Bonchev–Trinajstić information content (AvgIpc) is 2.48. The SMILES string of the molecule is CCNC(C)c1ccc(F)c(-c2nccnc2OC)c1. The second-order valence-electron chi connectivity index (χ2n) is 4.43. The van der Waals surface area contributed by atoms with Crippen molar-refractivity contribution in [1.29, 1.82) is 0 Å². The Bertz CT molecular complexity index is 589. The molecule has 4 nitrogen and oxygen atoms in total. The predicted molar refractivity (Wildman–Crippen MR) is 76.1 cm³/mol. The summed E-state index contributed by atoms with van der Waals surface area (Å²) in [4.78, 5) is 8.24. The van der Waals surface area contributed by atoms with Crippen molar-refractivity contribution in [2.75, 3.05) is 13.7 Å². The third-order valence-electron chi connectivity index (χ3n) is 3.11. The molecule has 0 aliphatic carbocycles. The van der Waals surface area contributed by atoms with E-state index in [9.17, 15) is 4.39 Å². The van der Waals surface area contributed by atoms with Crippen molar-refractivity contribution < 1.29 is 9.13 Å². The number of benzene rings is 1. The van der Waals surface area contributed by atoms with Gasteiger partial charge in [0.15, 0.2) is 0 Å². The quantitative estimate of drug-likeness (QED) is 0.911. The third-order valence-corrected chi connectivity index (χ3v) is 3.11. The standard InChI is InChI=1S/C15H18FN3O/c1-4-17-10(2)11-5-6-13(16)12(9-11)14-15(20-3)19-8-7-18-14/h5-10,17H,4H2,1-3H3. The zero-order chi connectivity index (χ0) is 14.5. The summed E-state index contributed by atoms with van der Waals surface area (Å²) in [5.41, 5.74) is 1.81. The van der Waals surface area contributed by atoms with Crippen molar-refractivity contribution in [1.82, 2.24) is 15.3 Å². The fraction of sp³-hybridized carbons (Fsp3) is 0.333. The van der Waals surface area contributed by atoms with Gasteiger partial charge in [-0.1, -0.05) is 13.0 Å². The maximum absolute atomic E-state index is 14.1. The molecule has 106 valence electrons. The number of halogens is 1. The van der Waals surface area contributed by atoms with Gasteiger partial charge in [-0.15, -0.1) is 0 Å². The second-order valence-corrected chi connectivity index (χ2v) is 4.43. The number of hydrogen-bond donors (Lipinski definition) is 1. The molecular formula is C15H18FN3O. The Morgan fingerprint density at radius 2 is 2.05 bits per heavy atom. The van der Waals surface area contributed by atoms with E-state index in [-0.39, 0.29) is 11.9 Å². The summed E-state index contributed by atoms with van der Waals surface area (Å²) >= 11 is 0. The lowest BCUT2D eigenvalue weighted by atomic mass is 10.0. The Hall–Kier alpha value is -2.01. The van der Waals surface area contributed by atoms with Crippen LogP contribution in [0.25, 0.3) is 11.3 Å². The maximum atomic E-state index is 14.1. The molecule has 0 aliphatic heterocycles. The van der Waals surface area contributed by atoms with Gasteiger partial charge < -0.3 is 10.1 Å². The molecule has 2 aromatic rings. The molecular weight excluding hydrogens is 257 g/mol. The molecule has 0 spiro atoms. The van der Waals surface area contributed by atoms with Gasteiger partial charge in [-0.3, -0.25) is 0 Å². The molecule has 1 aromatic carbocycles. The van der Waals surface area contributed by atoms with Crippen LogP contribution in [0.4, 0.5) is 4.39 Å². The molecule has 0 saturated carbocycles. The van der Waals surface area contributed by atoms with Crippen molar-refractivity contribution in [3.8, 4) is 17.1 Å². The molecule has 0 bridgehead atoms. The van der Waals surface area contributed by atoms with Gasteiger partial charge >= 0.3 is 0 Å². The van der Waals surface area contributed by atoms with E-state index in [1.165, 1.54) is 25.6 Å². The molecule has 2 rings (SSSR count). The Morgan fingerprint density at radius 3 is 2.75 bits per heavy atom. The molecule has 20 heavy (non-hydrogen) atoms. The summed E-state index contributed by atoms with van der Waals surface area (Å²) in [6.07, 6.45) is 3.04. The van der Waals surface area contributed by atoms with Crippen LogP contribution in [0.15, 0.2) is 30.6 Å². The summed E-state index contributed by atoms with van der Waals surface area (Å²) in [5.74, 6) is -0.0177. The van der Waals surface area contributed by atoms with Gasteiger partial charge in [0.1, 0.15) is 11.5 Å². The fourth-order valence-electron chi connectivity index (χ4n) is 2.08. The highest BCUT2D eigenvalue weighted by atomic mass is 19.1. The van der Waals surface area contributed by atoms with Crippen LogP contribution in [0, 0.1) is 5.82 Å². The highest BCUT2D eigenvalue weighted by Crippen LogP contribution is 2.29. The van der Waals surface area contributed by atoms with Crippen LogP contribution in [-0.4, -0.2) is 23.6 Å². The first-order valence-corrected chi connectivity index (χ1v) is 6.55. The van der Waals surface area contributed by atoms with E-state index in [0.717, 1.165) is 12.1 Å². The normalized spacial score (nSPS) is 12.2. The molecule has 1 aromatic heterocycles. The van der Waals surface area contributed by atoms with Gasteiger partial charge in [0.25, 0.3) is 0 Å². The number of nitrogens with zero attached hydrogens (tertiary/aromatic N) is 2. The molecule has 1 unspecified atom stereocenters. The molecule has 1 atom stereocenters. The molecule has 1 N–H and O–H groups in total. The summed E-state index contributed by atoms with van der Waals surface area (Å²) < 4.78 is 19.2. The lowest BCUT2D eigenvalue weighted by Gasteiger charge is -2.15. The lowest BCUT2D eigenvalue weighted by molar-refractivity contribution is 0.397. The van der Waals surface area contributed by atoms with Crippen LogP contribution in [0.5, 0.6) is 5.88 Å². The number of ether oxygens (including phenoxy) is 1. The second kappa shape index (κ2) is 6.43. The monoisotopic (exact) mass is 275 g/mol. The summed E-state index contributed by atoms with van der Waals surface area (Å²) in [6, 6.07) is 5.15. The van der Waals surface area contributed by atoms with Crippen molar-refractivity contribution in [2.24, 2.45) is 0 Å². The van der Waals surface area contributed by atoms with E-state index in [4.69, 9.17) is 4.74 Å². The number of methoxy groups -OCH3 is 1. The number of nitrogens with one attached hydrogen (secondary N) is 1. The van der Waals surface area contributed by atoms with Crippen LogP contribution >= 0.6 is 0 Å². The largest absolute Gasteiger partial charge is 0.479 e. The topological polar surface area (TPSA) is 47.0 Å². The van der Waals surface area contributed by atoms with Crippen LogP contribution in [0.1, 0.15) is 25.5 Å². The zero-order valence-electron chi connectivity index (χ0n) is 11.9. The molecule has 0 aliphatic rings. The van der Waals surface area contributed by atoms with E-state index in [2.05, 4.69) is 15.3 Å². The first-order valence-electron chi connectivity index (χ1n) is 6.55. The average molecular weight is 275 g/mol. The minimum atomic E-state index is -0.337. The Balaban J connectivity index is 2.48. The smallest absolute Gasteiger partial charge is 0.240 e. The Labute approximate surface area is 118 Å². The van der Waals surface area contributed by atoms with Crippen molar-refractivity contribution in [2.45, 2.75) is 19.9 Å². The maximum Gasteiger partial charge on any atom is 0.240 e. The number of aromatic nitrogens is 2. The van der Waals surface area contributed by atoms with E-state index in [0.29, 0.717) is 17.1 Å². The Kier molecular flexibility index (Phi) is 4.63. The first-order chi connectivity index (χ1) is 9.67. The summed E-state index contributed by atoms with van der Waals surface area (Å²) in [5, 5.41) is 3.30. The lowest BCUT2D eigenvalue weighted by Crippen LogP contribution is -2.17. The molecule has 0 fully saturated rings. The van der Waals surface area contributed by atoms with Crippen molar-refractivity contribution in [3.63, 3.8) is 0 Å². The summed E-state index contributed by atoms with van der Waals surface area (Å²) in [6.45, 7) is 4.92. The van der Waals surface area contributed by atoms with Crippen LogP contribution in [-0.2, 0) is 0 Å². The molecule has 5 heteroatoms.